The third-order valence-corrected chi connectivity index (χ3v) is 6.85. The summed E-state index contributed by atoms with van der Waals surface area (Å²) in [4.78, 5) is 0. The van der Waals surface area contributed by atoms with Crippen LogP contribution in [0.15, 0.2) is 30.3 Å². The van der Waals surface area contributed by atoms with Crippen LogP contribution in [0, 0.1) is 27.9 Å². The first-order chi connectivity index (χ1) is 9.55. The Labute approximate surface area is 131 Å². The highest BCUT2D eigenvalue weighted by atomic mass is 127. The molecule has 0 aromatic heterocycles. The van der Waals surface area contributed by atoms with E-state index < -0.39 is 0 Å². The minimum Gasteiger partial charge on any atom is -0.497 e. The molecule has 0 bridgehead atoms. The second-order valence-corrected chi connectivity index (χ2v) is 7.59. The topological polar surface area (TPSA) is 18.5 Å². The van der Waals surface area contributed by atoms with E-state index in [1.54, 1.807) is 14.2 Å². The Balaban J connectivity index is 2.40. The summed E-state index contributed by atoms with van der Waals surface area (Å²) in [5.41, 5.74) is 4.09. The van der Waals surface area contributed by atoms with Crippen LogP contribution < -0.4 is 30.7 Å². The van der Waals surface area contributed by atoms with Gasteiger partial charge in [-0.3, -0.25) is 0 Å². The molecule has 2 aromatic carbocycles. The lowest BCUT2D eigenvalue weighted by Gasteiger charge is -2.05. The number of halogens is 1. The van der Waals surface area contributed by atoms with Crippen LogP contribution in [0.2, 0.25) is 0 Å². The Kier molecular flexibility index (Phi) is 4.91. The van der Waals surface area contributed by atoms with Crippen LogP contribution in [-0.4, -0.2) is 14.2 Å². The van der Waals surface area contributed by atoms with Crippen molar-refractivity contribution in [3.8, 4) is 11.5 Å². The average molecular weight is 383 g/mol. The fourth-order valence-corrected chi connectivity index (χ4v) is 5.00. The molecule has 0 aliphatic rings. The normalized spacial score (nSPS) is 10.4. The monoisotopic (exact) mass is 383 g/mol. The summed E-state index contributed by atoms with van der Waals surface area (Å²) in [5.74, 6) is 1.77. The van der Waals surface area contributed by atoms with E-state index >= 15 is 0 Å². The molecule has 0 saturated carbocycles. The first kappa shape index (κ1) is 15.2. The molecule has 3 heteroatoms. The molecule has 0 heterocycles. The molecule has 106 valence electrons. The van der Waals surface area contributed by atoms with Crippen molar-refractivity contribution in [2.45, 2.75) is 20.8 Å². The van der Waals surface area contributed by atoms with Crippen molar-refractivity contribution in [2.75, 3.05) is 14.2 Å². The van der Waals surface area contributed by atoms with E-state index in [1.165, 1.54) is 23.8 Å². The maximum atomic E-state index is 5.51. The zero-order chi connectivity index (χ0) is 14.7. The SMILES string of the molecule is COc1ccc([I+]c2c(C)cc(C)cc2C)c(OC)c1. The summed E-state index contributed by atoms with van der Waals surface area (Å²) < 4.78 is 13.5. The van der Waals surface area contributed by atoms with Gasteiger partial charge in [0, 0.05) is 17.2 Å². The number of hydrogen-bond donors (Lipinski definition) is 0. The van der Waals surface area contributed by atoms with Crippen molar-refractivity contribution in [2.24, 2.45) is 0 Å². The van der Waals surface area contributed by atoms with Crippen molar-refractivity contribution in [1.82, 2.24) is 0 Å². The molecule has 0 unspecified atom stereocenters. The first-order valence-electron chi connectivity index (χ1n) is 6.50. The van der Waals surface area contributed by atoms with Gasteiger partial charge in [0.1, 0.15) is 5.75 Å². The van der Waals surface area contributed by atoms with Crippen molar-refractivity contribution >= 4 is 0 Å². The summed E-state index contributed by atoms with van der Waals surface area (Å²) in [6.07, 6.45) is 0. The maximum absolute atomic E-state index is 5.51. The maximum Gasteiger partial charge on any atom is 0.362 e. The highest BCUT2D eigenvalue weighted by Crippen LogP contribution is 2.18. The van der Waals surface area contributed by atoms with Gasteiger partial charge in [0.2, 0.25) is 3.57 Å². The first-order valence-corrected chi connectivity index (χ1v) is 8.65. The average Bonchev–Trinajstić information content (AvgIpc) is 2.42. The third kappa shape index (κ3) is 3.26. The largest absolute Gasteiger partial charge is 0.497 e. The standard InChI is InChI=1S/C17H20IO2/c1-11-8-12(2)17(13(3)9-11)18-15-7-6-14(19-4)10-16(15)20-5/h6-10H,1-5H3/q+1. The van der Waals surface area contributed by atoms with E-state index in [-0.39, 0.29) is 21.2 Å². The van der Waals surface area contributed by atoms with Crippen LogP contribution in [0.25, 0.3) is 0 Å². The predicted molar refractivity (Wildman–Crippen MR) is 77.6 cm³/mol. The summed E-state index contributed by atoms with van der Waals surface area (Å²) in [7, 11) is 3.40. The van der Waals surface area contributed by atoms with Crippen LogP contribution >= 0.6 is 0 Å². The smallest absolute Gasteiger partial charge is 0.362 e. The number of methoxy groups -OCH3 is 2. The minimum atomic E-state index is -0.254. The van der Waals surface area contributed by atoms with E-state index in [9.17, 15) is 0 Å². The molecule has 0 aliphatic heterocycles. The quantitative estimate of drug-likeness (QED) is 0.726. The van der Waals surface area contributed by atoms with Crippen molar-refractivity contribution in [3.05, 3.63) is 54.2 Å². The number of rotatable bonds is 4. The Morgan fingerprint density at radius 2 is 1.50 bits per heavy atom. The van der Waals surface area contributed by atoms with Crippen molar-refractivity contribution in [3.63, 3.8) is 0 Å². The molecule has 0 amide bonds. The summed E-state index contributed by atoms with van der Waals surface area (Å²) in [6, 6.07) is 10.6. The molecule has 0 atom stereocenters. The van der Waals surface area contributed by atoms with Gasteiger partial charge in [-0.2, -0.15) is 0 Å². The van der Waals surface area contributed by atoms with Gasteiger partial charge >= 0.3 is 21.2 Å². The van der Waals surface area contributed by atoms with Gasteiger partial charge in [0.15, 0.2) is 9.32 Å². The number of benzene rings is 2. The molecular formula is C17H20IO2+. The van der Waals surface area contributed by atoms with Crippen LogP contribution in [0.5, 0.6) is 11.5 Å². The Hall–Kier alpha value is -1.23. The van der Waals surface area contributed by atoms with Gasteiger partial charge in [-0.05, 0) is 32.9 Å². The summed E-state index contributed by atoms with van der Waals surface area (Å²) in [6.45, 7) is 6.55. The third-order valence-electron chi connectivity index (χ3n) is 3.14. The lowest BCUT2D eigenvalue weighted by Crippen LogP contribution is -3.62. The van der Waals surface area contributed by atoms with Crippen LogP contribution in [0.3, 0.4) is 0 Å². The van der Waals surface area contributed by atoms with Crippen LogP contribution in [-0.2, 0) is 0 Å². The minimum absolute atomic E-state index is 0.254. The molecule has 0 saturated heterocycles. The molecule has 2 rings (SSSR count). The predicted octanol–water partition coefficient (Wildman–Crippen LogP) is 0.757. The Morgan fingerprint density at radius 3 is 2.05 bits per heavy atom. The molecule has 0 aliphatic carbocycles. The van der Waals surface area contributed by atoms with Crippen molar-refractivity contribution < 1.29 is 30.7 Å². The molecule has 0 fully saturated rings. The lowest BCUT2D eigenvalue weighted by atomic mass is 10.1. The highest BCUT2D eigenvalue weighted by molar-refractivity contribution is 5.33. The van der Waals surface area contributed by atoms with Crippen molar-refractivity contribution in [1.29, 1.82) is 0 Å². The van der Waals surface area contributed by atoms with Gasteiger partial charge in [0.25, 0.3) is 0 Å². The van der Waals surface area contributed by atoms with E-state index in [0.29, 0.717) is 0 Å². The zero-order valence-corrected chi connectivity index (χ0v) is 14.7. The highest BCUT2D eigenvalue weighted by Gasteiger charge is 2.25. The molecule has 0 radical (unpaired) electrons. The van der Waals surface area contributed by atoms with E-state index in [4.69, 9.17) is 9.47 Å². The zero-order valence-electron chi connectivity index (χ0n) is 12.6. The van der Waals surface area contributed by atoms with E-state index in [2.05, 4.69) is 39.0 Å². The number of hydrogen-bond acceptors (Lipinski definition) is 2. The summed E-state index contributed by atoms with van der Waals surface area (Å²) >= 11 is -0.254. The van der Waals surface area contributed by atoms with Crippen LogP contribution in [0.1, 0.15) is 16.7 Å². The van der Waals surface area contributed by atoms with Gasteiger partial charge in [-0.1, -0.05) is 17.7 Å². The number of ether oxygens (including phenoxy) is 2. The Morgan fingerprint density at radius 1 is 0.850 bits per heavy atom. The Bertz CT molecular complexity index is 597. The number of aryl methyl sites for hydroxylation is 3. The molecule has 20 heavy (non-hydrogen) atoms. The van der Waals surface area contributed by atoms with Gasteiger partial charge < -0.3 is 9.47 Å². The molecule has 0 N–H and O–H groups in total. The molecule has 0 spiro atoms. The second-order valence-electron chi connectivity index (χ2n) is 4.81. The molecular weight excluding hydrogens is 363 g/mol. The fraction of sp³-hybridized carbons (Fsp3) is 0.294. The van der Waals surface area contributed by atoms with Gasteiger partial charge in [0.05, 0.1) is 14.2 Å². The lowest BCUT2D eigenvalue weighted by molar-refractivity contribution is -0.599. The van der Waals surface area contributed by atoms with E-state index in [0.717, 1.165) is 11.5 Å². The van der Waals surface area contributed by atoms with E-state index in [1.807, 2.05) is 12.1 Å². The second kappa shape index (κ2) is 6.48. The molecule has 2 aromatic rings. The fourth-order valence-electron chi connectivity index (χ4n) is 2.26. The van der Waals surface area contributed by atoms with Gasteiger partial charge in [-0.25, -0.2) is 0 Å². The van der Waals surface area contributed by atoms with Crippen LogP contribution in [0.4, 0.5) is 0 Å². The molecule has 2 nitrogen and oxygen atoms in total. The summed E-state index contributed by atoms with van der Waals surface area (Å²) in [5, 5.41) is 0. The van der Waals surface area contributed by atoms with Gasteiger partial charge in [-0.15, -0.1) is 0 Å².